The van der Waals surface area contributed by atoms with Crippen molar-refractivity contribution >= 4 is 21.3 Å². The zero-order valence-corrected chi connectivity index (χ0v) is 17.2. The third-order valence-electron chi connectivity index (χ3n) is 5.31. The molecule has 2 aromatic rings. The number of hydrogen-bond acceptors (Lipinski definition) is 6. The highest BCUT2D eigenvalue weighted by Gasteiger charge is 2.27. The molecule has 3 rings (SSSR count). The highest BCUT2D eigenvalue weighted by molar-refractivity contribution is 7.90. The van der Waals surface area contributed by atoms with Gasteiger partial charge in [-0.25, -0.2) is 8.42 Å². The minimum atomic E-state index is -3.34. The van der Waals surface area contributed by atoms with Crippen LogP contribution in [-0.2, 0) is 16.3 Å². The molecule has 2 N–H and O–H groups in total. The quantitative estimate of drug-likeness (QED) is 0.590. The number of nitrogens with zero attached hydrogens (tertiary/aromatic N) is 2. The van der Waals surface area contributed by atoms with Gasteiger partial charge < -0.3 is 10.6 Å². The molecule has 0 unspecified atom stereocenters. The van der Waals surface area contributed by atoms with Crippen LogP contribution in [0, 0.1) is 12.8 Å². The molecule has 150 valence electrons. The molecule has 2 heterocycles. The molecule has 0 atom stereocenters. The summed E-state index contributed by atoms with van der Waals surface area (Å²) in [6.45, 7) is 4.66. The third-order valence-corrected chi connectivity index (χ3v) is 6.42. The van der Waals surface area contributed by atoms with Crippen LogP contribution in [0.3, 0.4) is 0 Å². The van der Waals surface area contributed by atoms with Gasteiger partial charge in [0.2, 0.25) is 0 Å². The molecule has 0 aliphatic carbocycles. The van der Waals surface area contributed by atoms with E-state index in [4.69, 9.17) is 5.73 Å². The minimum Gasteiger partial charge on any atom is -0.398 e. The summed E-state index contributed by atoms with van der Waals surface area (Å²) in [6, 6.07) is 10.5. The Kier molecular flexibility index (Phi) is 6.15. The van der Waals surface area contributed by atoms with Gasteiger partial charge in [0.25, 0.3) is 0 Å². The number of nitrogens with two attached hydrogens (primary N) is 1. The zero-order chi connectivity index (χ0) is 20.3. The number of aromatic nitrogens is 1. The lowest BCUT2D eigenvalue weighted by atomic mass is 9.88. The number of carbonyl (C=O) groups is 1. The molecule has 1 aliphatic heterocycles. The zero-order valence-electron chi connectivity index (χ0n) is 16.4. The van der Waals surface area contributed by atoms with Crippen LogP contribution in [0.1, 0.15) is 34.6 Å². The normalized spacial score (nSPS) is 16.2. The van der Waals surface area contributed by atoms with Gasteiger partial charge in [-0.05, 0) is 63.2 Å². The molecule has 0 spiro atoms. The second-order valence-electron chi connectivity index (χ2n) is 7.52. The Labute approximate surface area is 166 Å². The van der Waals surface area contributed by atoms with Gasteiger partial charge in [-0.3, -0.25) is 9.78 Å². The Bertz CT molecular complexity index is 965. The van der Waals surface area contributed by atoms with Gasteiger partial charge in [0.05, 0.1) is 4.90 Å². The van der Waals surface area contributed by atoms with Crippen LogP contribution < -0.4 is 5.73 Å². The van der Waals surface area contributed by atoms with E-state index in [0.29, 0.717) is 5.56 Å². The maximum Gasteiger partial charge on any atom is 0.175 e. The van der Waals surface area contributed by atoms with Gasteiger partial charge in [0.15, 0.2) is 15.6 Å². The first-order valence-corrected chi connectivity index (χ1v) is 11.4. The van der Waals surface area contributed by atoms with E-state index in [1.165, 1.54) is 12.1 Å². The molecular formula is C21H27N3O3S. The van der Waals surface area contributed by atoms with Crippen molar-refractivity contribution in [3.05, 3.63) is 53.3 Å². The summed E-state index contributed by atoms with van der Waals surface area (Å²) < 4.78 is 23.3. The van der Waals surface area contributed by atoms with Gasteiger partial charge in [-0.2, -0.15) is 0 Å². The van der Waals surface area contributed by atoms with Crippen LogP contribution in [0.25, 0.3) is 0 Å². The molecule has 0 amide bonds. The van der Waals surface area contributed by atoms with Crippen molar-refractivity contribution in [2.24, 2.45) is 5.92 Å². The fourth-order valence-corrected chi connectivity index (χ4v) is 4.30. The van der Waals surface area contributed by atoms with Gasteiger partial charge >= 0.3 is 0 Å². The molecule has 1 aromatic heterocycles. The van der Waals surface area contributed by atoms with Crippen molar-refractivity contribution < 1.29 is 13.2 Å². The average Bonchev–Trinajstić information content (AvgIpc) is 2.65. The lowest BCUT2D eigenvalue weighted by Crippen LogP contribution is -2.37. The van der Waals surface area contributed by atoms with Crippen LogP contribution in [0.4, 0.5) is 5.69 Å². The molecule has 1 aromatic carbocycles. The first-order valence-electron chi connectivity index (χ1n) is 9.53. The Balaban J connectivity index is 1.56. The summed E-state index contributed by atoms with van der Waals surface area (Å²) in [7, 11) is -3.34. The smallest absolute Gasteiger partial charge is 0.175 e. The minimum absolute atomic E-state index is 0.0116. The summed E-state index contributed by atoms with van der Waals surface area (Å²) in [5.41, 5.74) is 8.76. The SMILES string of the molecule is Cc1cccc(CCN2CCC(C(=O)c3ccc(S(C)(=O)=O)cc3N)CC2)n1. The fraction of sp³-hybridized carbons (Fsp3) is 0.429. The fourth-order valence-electron chi connectivity index (χ4n) is 3.65. The Morgan fingerprint density at radius 1 is 1.21 bits per heavy atom. The van der Waals surface area contributed by atoms with Crippen molar-refractivity contribution in [2.45, 2.75) is 31.1 Å². The predicted molar refractivity (Wildman–Crippen MR) is 110 cm³/mol. The van der Waals surface area contributed by atoms with Crippen molar-refractivity contribution in [2.75, 3.05) is 31.6 Å². The summed E-state index contributed by atoms with van der Waals surface area (Å²) >= 11 is 0. The van der Waals surface area contributed by atoms with Crippen molar-refractivity contribution in [1.82, 2.24) is 9.88 Å². The maximum atomic E-state index is 12.8. The molecule has 6 nitrogen and oxygen atoms in total. The van der Waals surface area contributed by atoms with Crippen molar-refractivity contribution in [1.29, 1.82) is 0 Å². The lowest BCUT2D eigenvalue weighted by molar-refractivity contribution is 0.0841. The van der Waals surface area contributed by atoms with Crippen LogP contribution in [0.15, 0.2) is 41.3 Å². The molecule has 28 heavy (non-hydrogen) atoms. The monoisotopic (exact) mass is 401 g/mol. The number of ketones is 1. The van der Waals surface area contributed by atoms with E-state index in [1.807, 2.05) is 25.1 Å². The van der Waals surface area contributed by atoms with Crippen LogP contribution >= 0.6 is 0 Å². The van der Waals surface area contributed by atoms with E-state index in [2.05, 4.69) is 9.88 Å². The number of piperidine rings is 1. The number of rotatable bonds is 6. The molecule has 1 saturated heterocycles. The van der Waals surface area contributed by atoms with Gasteiger partial charge in [-0.1, -0.05) is 6.07 Å². The van der Waals surface area contributed by atoms with E-state index >= 15 is 0 Å². The number of benzene rings is 1. The number of likely N-dealkylation sites (tertiary alicyclic amines) is 1. The van der Waals surface area contributed by atoms with E-state index < -0.39 is 9.84 Å². The largest absolute Gasteiger partial charge is 0.398 e. The molecule has 0 bridgehead atoms. The van der Waals surface area contributed by atoms with Crippen LogP contribution in [0.5, 0.6) is 0 Å². The summed E-state index contributed by atoms with van der Waals surface area (Å²) in [5.74, 6) is -0.0581. The Morgan fingerprint density at radius 3 is 2.54 bits per heavy atom. The molecule has 1 fully saturated rings. The van der Waals surface area contributed by atoms with Crippen LogP contribution in [0.2, 0.25) is 0 Å². The molecule has 0 saturated carbocycles. The Morgan fingerprint density at radius 2 is 1.93 bits per heavy atom. The van der Waals surface area contributed by atoms with Crippen molar-refractivity contribution in [3.63, 3.8) is 0 Å². The second kappa shape index (κ2) is 8.41. The van der Waals surface area contributed by atoms with Gasteiger partial charge in [0.1, 0.15) is 0 Å². The highest BCUT2D eigenvalue weighted by Crippen LogP contribution is 2.26. The molecule has 1 aliphatic rings. The first kappa shape index (κ1) is 20.5. The number of carbonyl (C=O) groups excluding carboxylic acids is 1. The van der Waals surface area contributed by atoms with E-state index in [0.717, 1.165) is 56.5 Å². The number of nitrogen functional groups attached to an aromatic ring is 1. The van der Waals surface area contributed by atoms with E-state index in [1.54, 1.807) is 6.07 Å². The Hall–Kier alpha value is -2.25. The summed E-state index contributed by atoms with van der Waals surface area (Å²) in [6.07, 6.45) is 3.60. The molecule has 7 heteroatoms. The number of Topliss-reactive ketones (excluding diaryl/α,β-unsaturated/α-hetero) is 1. The maximum absolute atomic E-state index is 12.8. The number of hydrogen-bond donors (Lipinski definition) is 1. The van der Waals surface area contributed by atoms with E-state index in [9.17, 15) is 13.2 Å². The predicted octanol–water partition coefficient (Wildman–Crippen LogP) is 2.51. The van der Waals surface area contributed by atoms with Crippen LogP contribution in [-0.4, -0.2) is 50.0 Å². The topological polar surface area (TPSA) is 93.4 Å². The average molecular weight is 402 g/mol. The van der Waals surface area contributed by atoms with Gasteiger partial charge in [0, 0.05) is 47.8 Å². The molecule has 0 radical (unpaired) electrons. The second-order valence-corrected chi connectivity index (χ2v) is 9.54. The summed E-state index contributed by atoms with van der Waals surface area (Å²) in [5, 5.41) is 0. The number of pyridine rings is 1. The number of aryl methyl sites for hydroxylation is 1. The van der Waals surface area contributed by atoms with E-state index in [-0.39, 0.29) is 22.3 Å². The first-order chi connectivity index (χ1) is 13.2. The van der Waals surface area contributed by atoms with Crippen molar-refractivity contribution in [3.8, 4) is 0 Å². The van der Waals surface area contributed by atoms with Gasteiger partial charge in [-0.15, -0.1) is 0 Å². The lowest BCUT2D eigenvalue weighted by Gasteiger charge is -2.31. The highest BCUT2D eigenvalue weighted by atomic mass is 32.2. The summed E-state index contributed by atoms with van der Waals surface area (Å²) in [4.78, 5) is 19.9. The number of sulfone groups is 1. The molecular weight excluding hydrogens is 374 g/mol. The third kappa shape index (κ3) is 4.97. The standard InChI is InChI=1S/C21H27N3O3S/c1-15-4-3-5-17(23-15)10-13-24-11-8-16(9-12-24)21(25)19-7-6-18(14-20(19)22)28(2,26)27/h3-7,14,16H,8-13,22H2,1-2H3. The number of anilines is 1.